The number of para-hydroxylation sites is 1. The summed E-state index contributed by atoms with van der Waals surface area (Å²) in [5.41, 5.74) is 4.28. The molecule has 7 nitrogen and oxygen atoms in total. The fourth-order valence-electron chi connectivity index (χ4n) is 3.68. The third-order valence-electron chi connectivity index (χ3n) is 5.34. The van der Waals surface area contributed by atoms with Crippen LogP contribution in [0.5, 0.6) is 11.5 Å². The maximum Gasteiger partial charge on any atom is 0.349 e. The highest BCUT2D eigenvalue weighted by Gasteiger charge is 2.17. The highest BCUT2D eigenvalue weighted by molar-refractivity contribution is 7.13. The Labute approximate surface area is 204 Å². The molecule has 2 aromatic heterocycles. The number of ether oxygens (including phenoxy) is 3. The van der Waals surface area contributed by atoms with Crippen LogP contribution in [0.25, 0.3) is 16.6 Å². The SMILES string of the molecule is COc1cccc(-c2nc(COC(=O)/C(C#N)=C/c3cc(C)n(CC(C)C)c3C)cs2)c1OC. The zero-order valence-corrected chi connectivity index (χ0v) is 21.2. The highest BCUT2D eigenvalue weighted by atomic mass is 32.1. The van der Waals surface area contributed by atoms with E-state index >= 15 is 0 Å². The summed E-state index contributed by atoms with van der Waals surface area (Å²) in [6.45, 7) is 9.16. The van der Waals surface area contributed by atoms with Crippen LogP contribution in [0, 0.1) is 31.1 Å². The second-order valence-electron chi connectivity index (χ2n) is 8.26. The van der Waals surface area contributed by atoms with Crippen molar-refractivity contribution in [2.75, 3.05) is 14.2 Å². The smallest absolute Gasteiger partial charge is 0.349 e. The molecule has 0 aliphatic rings. The monoisotopic (exact) mass is 479 g/mol. The van der Waals surface area contributed by atoms with E-state index in [-0.39, 0.29) is 12.2 Å². The molecule has 3 aromatic rings. The van der Waals surface area contributed by atoms with Crippen LogP contribution in [0.15, 0.2) is 35.2 Å². The van der Waals surface area contributed by atoms with Gasteiger partial charge in [-0.1, -0.05) is 19.9 Å². The fourth-order valence-corrected chi connectivity index (χ4v) is 4.51. The number of carbonyl (C=O) groups is 1. The molecule has 8 heteroatoms. The van der Waals surface area contributed by atoms with Gasteiger partial charge in [0.1, 0.15) is 23.3 Å². The van der Waals surface area contributed by atoms with Crippen LogP contribution in [-0.4, -0.2) is 29.7 Å². The Kier molecular flexibility index (Phi) is 8.13. The molecule has 0 unspecified atom stereocenters. The van der Waals surface area contributed by atoms with Crippen LogP contribution >= 0.6 is 11.3 Å². The number of hydrogen-bond acceptors (Lipinski definition) is 7. The Morgan fingerprint density at radius 1 is 1.26 bits per heavy atom. The van der Waals surface area contributed by atoms with Gasteiger partial charge in [0, 0.05) is 23.3 Å². The minimum Gasteiger partial charge on any atom is -0.493 e. The number of rotatable bonds is 9. The lowest BCUT2D eigenvalue weighted by Gasteiger charge is -2.12. The number of carbonyl (C=O) groups excluding carboxylic acids is 1. The van der Waals surface area contributed by atoms with Crippen molar-refractivity contribution in [3.8, 4) is 28.1 Å². The molecule has 178 valence electrons. The molecule has 0 saturated heterocycles. The van der Waals surface area contributed by atoms with Crippen LogP contribution in [0.3, 0.4) is 0 Å². The molecule has 3 rings (SSSR count). The third-order valence-corrected chi connectivity index (χ3v) is 6.26. The molecular weight excluding hydrogens is 450 g/mol. The quantitative estimate of drug-likeness (QED) is 0.227. The first kappa shape index (κ1) is 25.1. The minimum atomic E-state index is -0.676. The summed E-state index contributed by atoms with van der Waals surface area (Å²) in [4.78, 5) is 17.2. The number of methoxy groups -OCH3 is 2. The Bertz CT molecular complexity index is 1250. The number of thiazole rings is 1. The number of esters is 1. The van der Waals surface area contributed by atoms with Gasteiger partial charge in [0.05, 0.1) is 25.5 Å². The Morgan fingerprint density at radius 2 is 2.03 bits per heavy atom. The van der Waals surface area contributed by atoms with Crippen LogP contribution in [0.1, 0.15) is 36.5 Å². The predicted octanol–water partition coefficient (Wildman–Crippen LogP) is 5.55. The van der Waals surface area contributed by atoms with Gasteiger partial charge >= 0.3 is 5.97 Å². The fraction of sp³-hybridized carbons (Fsp3) is 0.346. The molecule has 0 radical (unpaired) electrons. The van der Waals surface area contributed by atoms with Crippen LogP contribution in [-0.2, 0) is 22.7 Å². The van der Waals surface area contributed by atoms with E-state index < -0.39 is 5.97 Å². The van der Waals surface area contributed by atoms with Crippen LogP contribution < -0.4 is 9.47 Å². The van der Waals surface area contributed by atoms with E-state index in [0.29, 0.717) is 23.1 Å². The average Bonchev–Trinajstić information content (AvgIpc) is 3.40. The average molecular weight is 480 g/mol. The van der Waals surface area contributed by atoms with Gasteiger partial charge in [0.15, 0.2) is 11.5 Å². The molecule has 0 N–H and O–H groups in total. The lowest BCUT2D eigenvalue weighted by atomic mass is 10.1. The number of hydrogen-bond donors (Lipinski definition) is 0. The summed E-state index contributed by atoms with van der Waals surface area (Å²) in [5.74, 6) is 1.01. The number of aromatic nitrogens is 2. The molecule has 0 fully saturated rings. The molecular formula is C26H29N3O4S. The van der Waals surface area contributed by atoms with Crippen molar-refractivity contribution in [2.45, 2.75) is 40.8 Å². The van der Waals surface area contributed by atoms with Gasteiger partial charge in [-0.05, 0) is 49.6 Å². The molecule has 0 amide bonds. The Hall–Kier alpha value is -3.57. The van der Waals surface area contributed by atoms with E-state index in [1.165, 1.54) is 11.3 Å². The summed E-state index contributed by atoms with van der Waals surface area (Å²) in [5, 5.41) is 12.1. The summed E-state index contributed by atoms with van der Waals surface area (Å²) in [6, 6.07) is 9.52. The van der Waals surface area contributed by atoms with Crippen molar-refractivity contribution in [3.05, 3.63) is 57.9 Å². The van der Waals surface area contributed by atoms with Gasteiger partial charge < -0.3 is 18.8 Å². The molecule has 34 heavy (non-hydrogen) atoms. The molecule has 1 aromatic carbocycles. The van der Waals surface area contributed by atoms with Crippen LogP contribution in [0.4, 0.5) is 0 Å². The molecule has 0 saturated carbocycles. The molecule has 2 heterocycles. The van der Waals surface area contributed by atoms with Crippen molar-refractivity contribution in [2.24, 2.45) is 5.92 Å². The summed E-state index contributed by atoms with van der Waals surface area (Å²) in [7, 11) is 3.16. The van der Waals surface area contributed by atoms with E-state index in [1.807, 2.05) is 49.6 Å². The van der Waals surface area contributed by atoms with Crippen molar-refractivity contribution in [1.82, 2.24) is 9.55 Å². The second kappa shape index (κ2) is 11.0. The normalized spacial score (nSPS) is 11.4. The second-order valence-corrected chi connectivity index (χ2v) is 9.12. The maximum absolute atomic E-state index is 12.6. The first-order valence-corrected chi connectivity index (χ1v) is 11.8. The summed E-state index contributed by atoms with van der Waals surface area (Å²) >= 11 is 1.41. The lowest BCUT2D eigenvalue weighted by Crippen LogP contribution is -2.08. The molecule has 0 aliphatic heterocycles. The predicted molar refractivity (Wildman–Crippen MR) is 133 cm³/mol. The number of nitrogens with zero attached hydrogens (tertiary/aromatic N) is 3. The molecule has 0 aliphatic carbocycles. The standard InChI is InChI=1S/C26H29N3O4S/c1-16(2)13-29-17(3)10-19(18(29)4)11-20(12-27)26(30)33-14-21-15-34-25(28-21)22-8-7-9-23(31-5)24(22)32-6/h7-11,15-16H,13-14H2,1-6H3/b20-11+. The van der Waals surface area contributed by atoms with Gasteiger partial charge in [-0.15, -0.1) is 11.3 Å². The largest absolute Gasteiger partial charge is 0.493 e. The van der Waals surface area contributed by atoms with Crippen molar-refractivity contribution in [1.29, 1.82) is 5.26 Å². The minimum absolute atomic E-state index is 0.0347. The Morgan fingerprint density at radius 3 is 2.68 bits per heavy atom. The molecule has 0 atom stereocenters. The topological polar surface area (TPSA) is 86.4 Å². The van der Waals surface area contributed by atoms with Crippen LogP contribution in [0.2, 0.25) is 0 Å². The Balaban J connectivity index is 1.74. The third kappa shape index (κ3) is 5.49. The van der Waals surface area contributed by atoms with Gasteiger partial charge in [-0.2, -0.15) is 5.26 Å². The maximum atomic E-state index is 12.6. The number of nitriles is 1. The molecule has 0 bridgehead atoms. The first-order chi connectivity index (χ1) is 16.3. The van der Waals surface area contributed by atoms with Crippen molar-refractivity contribution < 1.29 is 19.0 Å². The van der Waals surface area contributed by atoms with Crippen molar-refractivity contribution >= 4 is 23.4 Å². The zero-order valence-electron chi connectivity index (χ0n) is 20.3. The summed E-state index contributed by atoms with van der Waals surface area (Å²) in [6.07, 6.45) is 1.59. The first-order valence-electron chi connectivity index (χ1n) is 10.9. The lowest BCUT2D eigenvalue weighted by molar-refractivity contribution is -0.139. The molecule has 0 spiro atoms. The highest BCUT2D eigenvalue weighted by Crippen LogP contribution is 2.39. The van der Waals surface area contributed by atoms with E-state index in [1.54, 1.807) is 20.3 Å². The van der Waals surface area contributed by atoms with E-state index in [9.17, 15) is 10.1 Å². The number of benzene rings is 1. The van der Waals surface area contributed by atoms with E-state index in [0.717, 1.165) is 34.1 Å². The van der Waals surface area contributed by atoms with Gasteiger partial charge in [0.25, 0.3) is 0 Å². The number of aryl methyl sites for hydroxylation is 1. The van der Waals surface area contributed by atoms with Gasteiger partial charge in [-0.25, -0.2) is 9.78 Å². The van der Waals surface area contributed by atoms with Crippen molar-refractivity contribution in [3.63, 3.8) is 0 Å². The zero-order chi connectivity index (χ0) is 24.8. The van der Waals surface area contributed by atoms with Gasteiger partial charge in [0.2, 0.25) is 0 Å². The van der Waals surface area contributed by atoms with E-state index in [4.69, 9.17) is 14.2 Å². The van der Waals surface area contributed by atoms with Gasteiger partial charge in [-0.3, -0.25) is 0 Å². The summed E-state index contributed by atoms with van der Waals surface area (Å²) < 4.78 is 18.4. The van der Waals surface area contributed by atoms with E-state index in [2.05, 4.69) is 23.4 Å².